The number of nitrogens with zero attached hydrogens (tertiary/aromatic N) is 2. The maximum atomic E-state index is 11.8. The predicted molar refractivity (Wildman–Crippen MR) is 85.9 cm³/mol. The van der Waals surface area contributed by atoms with Crippen LogP contribution in [0.1, 0.15) is 31.7 Å². The first kappa shape index (κ1) is 14.5. The molecule has 1 unspecified atom stereocenters. The van der Waals surface area contributed by atoms with Gasteiger partial charge in [0.2, 0.25) is 0 Å². The number of anilines is 1. The Hall–Kier alpha value is -2.43. The van der Waals surface area contributed by atoms with E-state index in [4.69, 9.17) is 10.5 Å². The van der Waals surface area contributed by atoms with Crippen molar-refractivity contribution >= 4 is 28.3 Å². The van der Waals surface area contributed by atoms with Crippen molar-refractivity contribution < 1.29 is 9.53 Å². The summed E-state index contributed by atoms with van der Waals surface area (Å²) in [7, 11) is 0. The summed E-state index contributed by atoms with van der Waals surface area (Å²) >= 11 is 0. The van der Waals surface area contributed by atoms with Gasteiger partial charge in [0.15, 0.2) is 0 Å². The topological polar surface area (TPSA) is 78.1 Å². The Kier molecular flexibility index (Phi) is 4.04. The van der Waals surface area contributed by atoms with Crippen LogP contribution in [0, 0.1) is 5.92 Å². The second kappa shape index (κ2) is 6.13. The van der Waals surface area contributed by atoms with Gasteiger partial charge in [-0.1, -0.05) is 6.08 Å². The fourth-order valence-corrected chi connectivity index (χ4v) is 2.93. The first-order valence-corrected chi connectivity index (χ1v) is 7.56. The zero-order valence-electron chi connectivity index (χ0n) is 12.6. The number of fused-ring (bicyclic) bond motifs is 1. The van der Waals surface area contributed by atoms with Crippen LogP contribution in [-0.2, 0) is 9.53 Å². The Labute approximate surface area is 129 Å². The number of nitrogen functional groups attached to an aromatic ring is 1. The summed E-state index contributed by atoms with van der Waals surface area (Å²) in [5.74, 6) is -0.158. The van der Waals surface area contributed by atoms with Crippen LogP contribution in [0.4, 0.5) is 5.69 Å². The quantitative estimate of drug-likeness (QED) is 0.696. The molecule has 2 aromatic rings. The highest BCUT2D eigenvalue weighted by molar-refractivity contribution is 5.94. The molecule has 0 bridgehead atoms. The molecule has 1 heterocycles. The first-order valence-electron chi connectivity index (χ1n) is 7.56. The van der Waals surface area contributed by atoms with E-state index in [9.17, 15) is 4.79 Å². The molecule has 1 aromatic carbocycles. The number of hydrogen-bond acceptors (Lipinski definition) is 5. The summed E-state index contributed by atoms with van der Waals surface area (Å²) in [4.78, 5) is 20.6. The summed E-state index contributed by atoms with van der Waals surface area (Å²) < 4.78 is 5.10. The van der Waals surface area contributed by atoms with Crippen LogP contribution in [0.3, 0.4) is 0 Å². The number of ether oxygens (including phenoxy) is 1. The molecule has 1 atom stereocenters. The lowest BCUT2D eigenvalue weighted by Gasteiger charge is -2.22. The van der Waals surface area contributed by atoms with Crippen LogP contribution in [-0.4, -0.2) is 22.5 Å². The normalized spacial score (nSPS) is 18.0. The molecular formula is C17H19N3O2. The van der Waals surface area contributed by atoms with Crippen molar-refractivity contribution in [2.75, 3.05) is 12.3 Å². The van der Waals surface area contributed by atoms with Gasteiger partial charge in [-0.25, -0.2) is 0 Å². The fraction of sp³-hybridized carbons (Fsp3) is 0.353. The molecule has 0 spiro atoms. The lowest BCUT2D eigenvalue weighted by atomic mass is 9.85. The van der Waals surface area contributed by atoms with Gasteiger partial charge in [-0.15, -0.1) is 0 Å². The number of hydrogen-bond donors (Lipinski definition) is 1. The molecule has 22 heavy (non-hydrogen) atoms. The molecule has 0 saturated heterocycles. The summed E-state index contributed by atoms with van der Waals surface area (Å²) in [6, 6.07) is 3.75. The van der Waals surface area contributed by atoms with Crippen LogP contribution in [0.15, 0.2) is 30.6 Å². The van der Waals surface area contributed by atoms with Crippen molar-refractivity contribution in [2.24, 2.45) is 5.92 Å². The molecule has 0 fully saturated rings. The SMILES string of the molecule is CCOC(=O)C1CC=C(c2c(N)ccc3nccnc23)CC1. The molecule has 1 aliphatic rings. The van der Waals surface area contributed by atoms with E-state index in [0.29, 0.717) is 18.7 Å². The van der Waals surface area contributed by atoms with E-state index in [1.165, 1.54) is 0 Å². The third kappa shape index (κ3) is 2.66. The largest absolute Gasteiger partial charge is 0.466 e. The van der Waals surface area contributed by atoms with Gasteiger partial charge in [-0.3, -0.25) is 14.8 Å². The Morgan fingerprint density at radius 3 is 2.91 bits per heavy atom. The van der Waals surface area contributed by atoms with Gasteiger partial charge in [-0.2, -0.15) is 0 Å². The van der Waals surface area contributed by atoms with Crippen LogP contribution in [0.5, 0.6) is 0 Å². The van der Waals surface area contributed by atoms with Crippen molar-refractivity contribution in [3.63, 3.8) is 0 Å². The molecular weight excluding hydrogens is 278 g/mol. The third-order valence-electron chi connectivity index (χ3n) is 4.02. The van der Waals surface area contributed by atoms with Gasteiger partial charge < -0.3 is 10.5 Å². The summed E-state index contributed by atoms with van der Waals surface area (Å²) in [5, 5.41) is 0. The van der Waals surface area contributed by atoms with Crippen molar-refractivity contribution in [2.45, 2.75) is 26.2 Å². The average Bonchev–Trinajstić information content (AvgIpc) is 2.55. The zero-order valence-corrected chi connectivity index (χ0v) is 12.6. The standard InChI is InChI=1S/C17H19N3O2/c1-2-22-17(21)12-5-3-11(4-6-12)15-13(18)7-8-14-16(15)20-10-9-19-14/h3,7-10,12H,2,4-6,18H2,1H3. The van der Waals surface area contributed by atoms with Crippen molar-refractivity contribution in [1.82, 2.24) is 9.97 Å². The fourth-order valence-electron chi connectivity index (χ4n) is 2.93. The Bertz CT molecular complexity index is 740. The van der Waals surface area contributed by atoms with Crippen LogP contribution < -0.4 is 5.73 Å². The minimum atomic E-state index is -0.108. The molecule has 2 N–H and O–H groups in total. The van der Waals surface area contributed by atoms with Crippen LogP contribution in [0.25, 0.3) is 16.6 Å². The highest BCUT2D eigenvalue weighted by Gasteiger charge is 2.24. The third-order valence-corrected chi connectivity index (χ3v) is 4.02. The number of esters is 1. The number of aromatic nitrogens is 2. The second-order valence-electron chi connectivity index (χ2n) is 5.41. The van der Waals surface area contributed by atoms with Gasteiger partial charge in [0.05, 0.1) is 23.6 Å². The number of rotatable bonds is 3. The van der Waals surface area contributed by atoms with E-state index in [1.807, 2.05) is 19.1 Å². The van der Waals surface area contributed by atoms with E-state index in [0.717, 1.165) is 35.0 Å². The van der Waals surface area contributed by atoms with Gasteiger partial charge in [0, 0.05) is 23.6 Å². The van der Waals surface area contributed by atoms with E-state index in [1.54, 1.807) is 12.4 Å². The van der Waals surface area contributed by atoms with Gasteiger partial charge in [0.25, 0.3) is 0 Å². The van der Waals surface area contributed by atoms with E-state index >= 15 is 0 Å². The molecule has 1 aliphatic carbocycles. The Balaban J connectivity index is 1.93. The summed E-state index contributed by atoms with van der Waals surface area (Å²) in [6.07, 6.45) is 7.70. The predicted octanol–water partition coefficient (Wildman–Crippen LogP) is 2.96. The number of carbonyl (C=O) groups excluding carboxylic acids is 1. The van der Waals surface area contributed by atoms with Gasteiger partial charge in [0.1, 0.15) is 0 Å². The highest BCUT2D eigenvalue weighted by atomic mass is 16.5. The van der Waals surface area contributed by atoms with Gasteiger partial charge in [-0.05, 0) is 43.9 Å². The zero-order chi connectivity index (χ0) is 15.5. The summed E-state index contributed by atoms with van der Waals surface area (Å²) in [6.45, 7) is 2.26. The minimum absolute atomic E-state index is 0.0500. The number of nitrogens with two attached hydrogens (primary N) is 1. The highest BCUT2D eigenvalue weighted by Crippen LogP contribution is 2.36. The van der Waals surface area contributed by atoms with Crippen molar-refractivity contribution in [3.05, 3.63) is 36.2 Å². The first-order chi connectivity index (χ1) is 10.7. The van der Waals surface area contributed by atoms with Crippen LogP contribution in [0.2, 0.25) is 0 Å². The van der Waals surface area contributed by atoms with Gasteiger partial charge >= 0.3 is 5.97 Å². The minimum Gasteiger partial charge on any atom is -0.466 e. The Morgan fingerprint density at radius 2 is 2.18 bits per heavy atom. The Morgan fingerprint density at radius 1 is 1.36 bits per heavy atom. The molecule has 5 heteroatoms. The smallest absolute Gasteiger partial charge is 0.309 e. The molecule has 114 valence electrons. The van der Waals surface area contributed by atoms with E-state index < -0.39 is 0 Å². The molecule has 0 aliphatic heterocycles. The summed E-state index contributed by atoms with van der Waals surface area (Å²) in [5.41, 5.74) is 10.6. The molecule has 1 aromatic heterocycles. The number of allylic oxidation sites excluding steroid dienone is 2. The van der Waals surface area contributed by atoms with Crippen LogP contribution >= 0.6 is 0 Å². The molecule has 5 nitrogen and oxygen atoms in total. The maximum absolute atomic E-state index is 11.8. The van der Waals surface area contributed by atoms with E-state index in [-0.39, 0.29) is 11.9 Å². The average molecular weight is 297 g/mol. The second-order valence-corrected chi connectivity index (χ2v) is 5.41. The molecule has 0 amide bonds. The maximum Gasteiger partial charge on any atom is 0.309 e. The lowest BCUT2D eigenvalue weighted by molar-refractivity contribution is -0.148. The molecule has 0 saturated carbocycles. The molecule has 0 radical (unpaired) electrons. The van der Waals surface area contributed by atoms with Crippen molar-refractivity contribution in [1.29, 1.82) is 0 Å². The molecule has 3 rings (SSSR count). The number of carbonyl (C=O) groups is 1. The van der Waals surface area contributed by atoms with Crippen molar-refractivity contribution in [3.8, 4) is 0 Å². The monoisotopic (exact) mass is 297 g/mol. The van der Waals surface area contributed by atoms with E-state index in [2.05, 4.69) is 16.0 Å². The number of benzene rings is 1. The lowest BCUT2D eigenvalue weighted by Crippen LogP contribution is -2.19.